The Morgan fingerprint density at radius 1 is 0.957 bits per heavy atom. The van der Waals surface area contributed by atoms with Gasteiger partial charge in [-0.15, -0.1) is 0 Å². The summed E-state index contributed by atoms with van der Waals surface area (Å²) in [5, 5.41) is 0. The third-order valence-electron chi connectivity index (χ3n) is 3.32. The first kappa shape index (κ1) is 14.8. The molecular weight excluding hydrogens is 290 g/mol. The van der Waals surface area contributed by atoms with Crippen molar-refractivity contribution in [2.24, 2.45) is 0 Å². The van der Waals surface area contributed by atoms with Crippen molar-refractivity contribution in [3.8, 4) is 17.4 Å². The summed E-state index contributed by atoms with van der Waals surface area (Å²) in [6.45, 7) is 0. The van der Waals surface area contributed by atoms with Crippen LogP contribution in [0.25, 0.3) is 0 Å². The molecule has 0 spiro atoms. The molecule has 2 aromatic carbocycles. The van der Waals surface area contributed by atoms with E-state index in [4.69, 9.17) is 9.47 Å². The van der Waals surface area contributed by atoms with Crippen LogP contribution in [0.15, 0.2) is 72.9 Å². The third-order valence-corrected chi connectivity index (χ3v) is 3.32. The van der Waals surface area contributed by atoms with Crippen LogP contribution in [-0.4, -0.2) is 17.9 Å². The van der Waals surface area contributed by atoms with Gasteiger partial charge >= 0.3 is 0 Å². The van der Waals surface area contributed by atoms with Gasteiger partial charge in [0.25, 0.3) is 0 Å². The lowest BCUT2D eigenvalue weighted by atomic mass is 10.0. The average molecular weight is 305 g/mol. The number of hydrogen-bond donors (Lipinski definition) is 0. The largest absolute Gasteiger partial charge is 0.497 e. The van der Waals surface area contributed by atoms with Gasteiger partial charge in [0.2, 0.25) is 5.88 Å². The Kier molecular flexibility index (Phi) is 4.34. The summed E-state index contributed by atoms with van der Waals surface area (Å²) in [7, 11) is 1.57. The van der Waals surface area contributed by atoms with Crippen molar-refractivity contribution in [1.29, 1.82) is 0 Å². The first-order valence-corrected chi connectivity index (χ1v) is 7.14. The van der Waals surface area contributed by atoms with Crippen molar-refractivity contribution >= 4 is 5.78 Å². The number of nitrogens with zero attached hydrogens (tertiary/aromatic N) is 1. The number of pyridine rings is 1. The van der Waals surface area contributed by atoms with Crippen LogP contribution in [0, 0.1) is 0 Å². The molecule has 0 aliphatic rings. The fourth-order valence-electron chi connectivity index (χ4n) is 2.17. The van der Waals surface area contributed by atoms with Crippen LogP contribution in [0.4, 0.5) is 0 Å². The van der Waals surface area contributed by atoms with Crippen LogP contribution >= 0.6 is 0 Å². The molecule has 0 saturated carbocycles. The second-order valence-corrected chi connectivity index (χ2v) is 4.83. The van der Waals surface area contributed by atoms with Crippen molar-refractivity contribution < 1.29 is 14.3 Å². The highest BCUT2D eigenvalue weighted by molar-refractivity contribution is 6.10. The minimum atomic E-state index is -0.112. The van der Waals surface area contributed by atoms with Gasteiger partial charge in [-0.2, -0.15) is 0 Å². The topological polar surface area (TPSA) is 48.4 Å². The first-order chi connectivity index (χ1) is 11.3. The van der Waals surface area contributed by atoms with Gasteiger partial charge < -0.3 is 9.47 Å². The molecule has 3 aromatic rings. The number of ether oxygens (including phenoxy) is 2. The van der Waals surface area contributed by atoms with Crippen LogP contribution in [0.3, 0.4) is 0 Å². The predicted octanol–water partition coefficient (Wildman–Crippen LogP) is 4.11. The van der Waals surface area contributed by atoms with E-state index in [1.165, 1.54) is 0 Å². The Balaban J connectivity index is 2.01. The molecule has 0 fully saturated rings. The molecule has 0 aliphatic heterocycles. The van der Waals surface area contributed by atoms with Gasteiger partial charge in [-0.3, -0.25) is 4.79 Å². The first-order valence-electron chi connectivity index (χ1n) is 7.14. The fourth-order valence-corrected chi connectivity index (χ4v) is 2.17. The molecule has 1 aromatic heterocycles. The summed E-state index contributed by atoms with van der Waals surface area (Å²) in [4.78, 5) is 16.8. The second kappa shape index (κ2) is 6.75. The summed E-state index contributed by atoms with van der Waals surface area (Å²) in [6.07, 6.45) is 1.63. The van der Waals surface area contributed by atoms with Gasteiger partial charge in [0.1, 0.15) is 11.5 Å². The van der Waals surface area contributed by atoms with Crippen LogP contribution in [0.5, 0.6) is 17.4 Å². The Hall–Kier alpha value is -3.14. The number of carbonyl (C=O) groups is 1. The smallest absolute Gasteiger partial charge is 0.219 e. The molecule has 0 unspecified atom stereocenters. The van der Waals surface area contributed by atoms with E-state index in [2.05, 4.69) is 4.98 Å². The number of ketones is 1. The van der Waals surface area contributed by atoms with E-state index in [1.807, 2.05) is 24.3 Å². The highest BCUT2D eigenvalue weighted by Crippen LogP contribution is 2.30. The Morgan fingerprint density at radius 2 is 1.74 bits per heavy atom. The van der Waals surface area contributed by atoms with E-state index in [0.717, 1.165) is 0 Å². The van der Waals surface area contributed by atoms with Crippen LogP contribution < -0.4 is 9.47 Å². The summed E-state index contributed by atoms with van der Waals surface area (Å²) in [5.74, 6) is 1.33. The van der Waals surface area contributed by atoms with Crippen LogP contribution in [-0.2, 0) is 0 Å². The highest BCUT2D eigenvalue weighted by atomic mass is 16.5. The minimum absolute atomic E-state index is 0.112. The van der Waals surface area contributed by atoms with Crippen molar-refractivity contribution in [3.05, 3.63) is 84.1 Å². The fraction of sp³-hybridized carbons (Fsp3) is 0.0526. The van der Waals surface area contributed by atoms with Crippen molar-refractivity contribution in [3.63, 3.8) is 0 Å². The van der Waals surface area contributed by atoms with E-state index >= 15 is 0 Å². The van der Waals surface area contributed by atoms with Gasteiger partial charge in [-0.1, -0.05) is 36.4 Å². The van der Waals surface area contributed by atoms with Crippen molar-refractivity contribution in [1.82, 2.24) is 4.98 Å². The van der Waals surface area contributed by atoms with E-state index in [-0.39, 0.29) is 5.78 Å². The number of carbonyl (C=O) groups excluding carboxylic acids is 1. The van der Waals surface area contributed by atoms with E-state index in [1.54, 1.807) is 55.8 Å². The molecule has 0 aliphatic carbocycles. The molecule has 0 bridgehead atoms. The zero-order chi connectivity index (χ0) is 16.1. The average Bonchev–Trinajstić information content (AvgIpc) is 2.62. The molecule has 3 rings (SSSR count). The SMILES string of the molecule is COc1ccc(C(=O)c2ccccc2)c(Oc2ccccn2)c1. The molecule has 114 valence electrons. The second-order valence-electron chi connectivity index (χ2n) is 4.83. The molecule has 0 saturated heterocycles. The number of aromatic nitrogens is 1. The molecule has 1 heterocycles. The predicted molar refractivity (Wildman–Crippen MR) is 87.2 cm³/mol. The lowest BCUT2D eigenvalue weighted by Gasteiger charge is -2.11. The number of methoxy groups -OCH3 is 1. The maximum Gasteiger partial charge on any atom is 0.219 e. The van der Waals surface area contributed by atoms with Crippen LogP contribution in [0.2, 0.25) is 0 Å². The quantitative estimate of drug-likeness (QED) is 0.665. The number of rotatable bonds is 5. The molecule has 23 heavy (non-hydrogen) atoms. The summed E-state index contributed by atoms with van der Waals surface area (Å²) in [5.41, 5.74) is 1.06. The number of benzene rings is 2. The maximum absolute atomic E-state index is 12.7. The molecule has 0 radical (unpaired) electrons. The standard InChI is InChI=1S/C19H15NO3/c1-22-15-10-11-16(19(21)14-7-3-2-4-8-14)17(13-15)23-18-9-5-6-12-20-18/h2-13H,1H3. The lowest BCUT2D eigenvalue weighted by molar-refractivity contribution is 0.103. The molecule has 4 nitrogen and oxygen atoms in total. The molecular formula is C19H15NO3. The summed E-state index contributed by atoms with van der Waals surface area (Å²) >= 11 is 0. The molecule has 0 atom stereocenters. The van der Waals surface area contributed by atoms with Gasteiger partial charge in [-0.05, 0) is 18.2 Å². The lowest BCUT2D eigenvalue weighted by Crippen LogP contribution is -2.04. The minimum Gasteiger partial charge on any atom is -0.497 e. The normalized spacial score (nSPS) is 10.1. The summed E-state index contributed by atoms with van der Waals surface area (Å²) < 4.78 is 11.0. The van der Waals surface area contributed by atoms with Crippen molar-refractivity contribution in [2.75, 3.05) is 7.11 Å². The van der Waals surface area contributed by atoms with E-state index in [9.17, 15) is 4.79 Å². The van der Waals surface area contributed by atoms with Crippen molar-refractivity contribution in [2.45, 2.75) is 0 Å². The number of hydrogen-bond acceptors (Lipinski definition) is 4. The van der Waals surface area contributed by atoms with Gasteiger partial charge in [0.15, 0.2) is 5.78 Å². The Bertz CT molecular complexity index is 801. The van der Waals surface area contributed by atoms with E-state index in [0.29, 0.717) is 28.5 Å². The van der Waals surface area contributed by atoms with Gasteiger partial charge in [-0.25, -0.2) is 4.98 Å². The van der Waals surface area contributed by atoms with Gasteiger partial charge in [0.05, 0.1) is 12.7 Å². The monoisotopic (exact) mass is 305 g/mol. The zero-order valence-electron chi connectivity index (χ0n) is 12.6. The Morgan fingerprint density at radius 3 is 2.43 bits per heavy atom. The Labute approximate surface area is 134 Å². The maximum atomic E-state index is 12.7. The van der Waals surface area contributed by atoms with Crippen LogP contribution in [0.1, 0.15) is 15.9 Å². The van der Waals surface area contributed by atoms with E-state index < -0.39 is 0 Å². The van der Waals surface area contributed by atoms with Gasteiger partial charge in [0, 0.05) is 23.9 Å². The molecule has 0 N–H and O–H groups in total. The molecule has 4 heteroatoms. The zero-order valence-corrected chi connectivity index (χ0v) is 12.6. The summed E-state index contributed by atoms with van der Waals surface area (Å²) in [6, 6.07) is 19.6. The molecule has 0 amide bonds. The third kappa shape index (κ3) is 3.37. The highest BCUT2D eigenvalue weighted by Gasteiger charge is 2.16.